The predicted molar refractivity (Wildman–Crippen MR) is 129 cm³/mol. The molecule has 0 amide bonds. The number of piperidine rings is 1. The molecule has 1 aliphatic heterocycles. The van der Waals surface area contributed by atoms with Gasteiger partial charge in [-0.2, -0.15) is 0 Å². The van der Waals surface area contributed by atoms with Crippen LogP contribution in [0.4, 0.5) is 4.39 Å². The summed E-state index contributed by atoms with van der Waals surface area (Å²) >= 11 is 0. The van der Waals surface area contributed by atoms with E-state index in [9.17, 15) is 4.39 Å². The predicted octanol–water partition coefficient (Wildman–Crippen LogP) is 4.45. The van der Waals surface area contributed by atoms with Crippen molar-refractivity contribution in [1.29, 1.82) is 0 Å². The Kier molecular flexibility index (Phi) is 8.09. The monoisotopic (exact) mass is 449 g/mol. The van der Waals surface area contributed by atoms with Crippen molar-refractivity contribution in [2.24, 2.45) is 10.9 Å². The molecule has 0 aliphatic carbocycles. The van der Waals surface area contributed by atoms with E-state index >= 15 is 0 Å². The summed E-state index contributed by atoms with van der Waals surface area (Å²) in [6.45, 7) is 6.81. The maximum absolute atomic E-state index is 13.9. The number of guanidine groups is 1. The molecule has 0 radical (unpaired) electrons. The summed E-state index contributed by atoms with van der Waals surface area (Å²) in [4.78, 5) is 11.6. The van der Waals surface area contributed by atoms with Crippen LogP contribution in [0.2, 0.25) is 0 Å². The van der Waals surface area contributed by atoms with Crippen molar-refractivity contribution in [2.75, 3.05) is 26.2 Å². The van der Waals surface area contributed by atoms with E-state index in [4.69, 9.17) is 4.42 Å². The molecule has 0 spiro atoms. The number of halogens is 1. The lowest BCUT2D eigenvalue weighted by Crippen LogP contribution is -2.42. The van der Waals surface area contributed by atoms with Gasteiger partial charge < -0.3 is 15.1 Å². The molecular formula is C26H32FN5O. The summed E-state index contributed by atoms with van der Waals surface area (Å²) in [5.41, 5.74) is 2.53. The molecule has 6 nitrogen and oxygen atoms in total. The fourth-order valence-corrected chi connectivity index (χ4v) is 4.05. The van der Waals surface area contributed by atoms with Crippen LogP contribution >= 0.6 is 0 Å². The molecule has 0 atom stereocenters. The van der Waals surface area contributed by atoms with Gasteiger partial charge in [0.1, 0.15) is 17.8 Å². The average molecular weight is 450 g/mol. The zero-order valence-electron chi connectivity index (χ0n) is 19.1. The summed E-state index contributed by atoms with van der Waals surface area (Å²) < 4.78 is 19.5. The van der Waals surface area contributed by atoms with Gasteiger partial charge >= 0.3 is 0 Å². The van der Waals surface area contributed by atoms with Gasteiger partial charge in [-0.05, 0) is 57.0 Å². The molecule has 0 saturated carbocycles. The minimum Gasteiger partial charge on any atom is -0.444 e. The number of hydrogen-bond donors (Lipinski definition) is 2. The van der Waals surface area contributed by atoms with Gasteiger partial charge in [0.15, 0.2) is 5.96 Å². The van der Waals surface area contributed by atoms with Gasteiger partial charge in [-0.3, -0.25) is 4.90 Å². The standard InChI is InChI=1S/C26H32FN5O/c1-2-28-26(30-17-23-19-33-25(31-23)21-8-4-3-5-9-21)29-16-20-12-14-32(15-13-20)18-22-10-6-7-11-24(22)27/h3-11,19-20H,2,12-18H2,1H3,(H2,28,29,30). The van der Waals surface area contributed by atoms with E-state index in [2.05, 4.69) is 32.4 Å². The zero-order valence-corrected chi connectivity index (χ0v) is 19.1. The van der Waals surface area contributed by atoms with E-state index in [0.717, 1.165) is 61.8 Å². The fourth-order valence-electron chi connectivity index (χ4n) is 4.05. The highest BCUT2D eigenvalue weighted by molar-refractivity contribution is 5.79. The number of rotatable bonds is 8. The van der Waals surface area contributed by atoms with Gasteiger partial charge in [0.05, 0.1) is 6.54 Å². The molecule has 2 aromatic carbocycles. The molecule has 33 heavy (non-hydrogen) atoms. The second-order valence-electron chi connectivity index (χ2n) is 8.40. The van der Waals surface area contributed by atoms with E-state index in [1.54, 1.807) is 12.3 Å². The van der Waals surface area contributed by atoms with Gasteiger partial charge in [0.2, 0.25) is 5.89 Å². The fraction of sp³-hybridized carbons (Fsp3) is 0.385. The van der Waals surface area contributed by atoms with E-state index in [-0.39, 0.29) is 5.82 Å². The Morgan fingerprint density at radius 3 is 2.61 bits per heavy atom. The summed E-state index contributed by atoms with van der Waals surface area (Å²) in [5.74, 6) is 1.86. The van der Waals surface area contributed by atoms with Gasteiger partial charge in [0.25, 0.3) is 0 Å². The van der Waals surface area contributed by atoms with Gasteiger partial charge in [-0.15, -0.1) is 0 Å². The van der Waals surface area contributed by atoms with Crippen molar-refractivity contribution >= 4 is 5.96 Å². The number of nitrogens with zero attached hydrogens (tertiary/aromatic N) is 3. The first kappa shape index (κ1) is 23.0. The SMILES string of the molecule is CCNC(=NCc1coc(-c2ccccc2)n1)NCC1CCN(Cc2ccccc2F)CC1. The van der Waals surface area contributed by atoms with Crippen molar-refractivity contribution in [1.82, 2.24) is 20.5 Å². The smallest absolute Gasteiger partial charge is 0.226 e. The number of hydrogen-bond acceptors (Lipinski definition) is 4. The summed E-state index contributed by atoms with van der Waals surface area (Å²) in [6, 6.07) is 16.9. The number of likely N-dealkylation sites (tertiary alicyclic amines) is 1. The lowest BCUT2D eigenvalue weighted by atomic mass is 9.96. The quantitative estimate of drug-likeness (QED) is 0.393. The van der Waals surface area contributed by atoms with E-state index in [1.165, 1.54) is 6.07 Å². The highest BCUT2D eigenvalue weighted by Gasteiger charge is 2.20. The van der Waals surface area contributed by atoms with E-state index < -0.39 is 0 Å². The zero-order chi connectivity index (χ0) is 22.9. The minimum atomic E-state index is -0.115. The Labute approximate surface area is 194 Å². The summed E-state index contributed by atoms with van der Waals surface area (Å²) in [7, 11) is 0. The lowest BCUT2D eigenvalue weighted by Gasteiger charge is -2.32. The molecule has 7 heteroatoms. The number of aliphatic imine (C=N–C) groups is 1. The first-order valence-corrected chi connectivity index (χ1v) is 11.7. The Hall–Kier alpha value is -3.19. The third-order valence-electron chi connectivity index (χ3n) is 5.93. The Morgan fingerprint density at radius 2 is 1.85 bits per heavy atom. The molecule has 1 aromatic heterocycles. The van der Waals surface area contributed by atoms with Crippen molar-refractivity contribution < 1.29 is 8.81 Å². The first-order chi connectivity index (χ1) is 16.2. The Morgan fingerprint density at radius 1 is 1.09 bits per heavy atom. The highest BCUT2D eigenvalue weighted by Crippen LogP contribution is 2.20. The van der Waals surface area contributed by atoms with Crippen molar-refractivity contribution in [3.8, 4) is 11.5 Å². The van der Waals surface area contributed by atoms with Crippen LogP contribution in [0.5, 0.6) is 0 Å². The van der Waals surface area contributed by atoms with Crippen LogP contribution in [0.3, 0.4) is 0 Å². The van der Waals surface area contributed by atoms with E-state index in [1.807, 2.05) is 42.5 Å². The second-order valence-corrected chi connectivity index (χ2v) is 8.40. The number of aromatic nitrogens is 1. The largest absolute Gasteiger partial charge is 0.444 e. The van der Waals surface area contributed by atoms with Crippen molar-refractivity contribution in [3.63, 3.8) is 0 Å². The Balaban J connectivity index is 1.25. The average Bonchev–Trinajstić information content (AvgIpc) is 3.33. The molecule has 1 fully saturated rings. The van der Waals surface area contributed by atoms with Crippen LogP contribution < -0.4 is 10.6 Å². The molecule has 174 valence electrons. The van der Waals surface area contributed by atoms with Gasteiger partial charge in [-0.1, -0.05) is 36.4 Å². The summed E-state index contributed by atoms with van der Waals surface area (Å²) in [5, 5.41) is 6.78. The third-order valence-corrected chi connectivity index (χ3v) is 5.93. The number of oxazole rings is 1. The van der Waals surface area contributed by atoms with Gasteiger partial charge in [-0.25, -0.2) is 14.4 Å². The van der Waals surface area contributed by atoms with Crippen LogP contribution in [0.1, 0.15) is 31.0 Å². The van der Waals surface area contributed by atoms with Crippen molar-refractivity contribution in [3.05, 3.63) is 77.9 Å². The molecule has 4 rings (SSSR count). The molecule has 3 aromatic rings. The number of nitrogens with one attached hydrogen (secondary N) is 2. The molecule has 1 saturated heterocycles. The maximum Gasteiger partial charge on any atom is 0.226 e. The molecule has 1 aliphatic rings. The third kappa shape index (κ3) is 6.65. The molecule has 2 N–H and O–H groups in total. The Bertz CT molecular complexity index is 1030. The highest BCUT2D eigenvalue weighted by atomic mass is 19.1. The van der Waals surface area contributed by atoms with Crippen LogP contribution in [0.25, 0.3) is 11.5 Å². The van der Waals surface area contributed by atoms with Crippen LogP contribution in [-0.4, -0.2) is 42.0 Å². The van der Waals surface area contributed by atoms with Crippen LogP contribution in [0, 0.1) is 11.7 Å². The summed E-state index contributed by atoms with van der Waals surface area (Å²) in [6.07, 6.45) is 3.84. The van der Waals surface area contributed by atoms with Crippen LogP contribution in [0.15, 0.2) is 70.3 Å². The first-order valence-electron chi connectivity index (χ1n) is 11.7. The maximum atomic E-state index is 13.9. The minimum absolute atomic E-state index is 0.115. The van der Waals surface area contributed by atoms with E-state index in [0.29, 0.717) is 24.9 Å². The topological polar surface area (TPSA) is 65.7 Å². The molecular weight excluding hydrogens is 417 g/mol. The van der Waals surface area contributed by atoms with Crippen molar-refractivity contribution in [2.45, 2.75) is 32.9 Å². The molecule has 2 heterocycles. The molecule has 0 bridgehead atoms. The normalized spacial score (nSPS) is 15.5. The molecule has 0 unspecified atom stereocenters. The lowest BCUT2D eigenvalue weighted by molar-refractivity contribution is 0.176. The van der Waals surface area contributed by atoms with Crippen LogP contribution in [-0.2, 0) is 13.1 Å². The van der Waals surface area contributed by atoms with Gasteiger partial charge in [0, 0.05) is 30.8 Å². The second kappa shape index (κ2) is 11.6. The number of benzene rings is 2.